The molecular weight excluding hydrogens is 276 g/mol. The van der Waals surface area contributed by atoms with Gasteiger partial charge in [-0.05, 0) is 22.9 Å². The summed E-state index contributed by atoms with van der Waals surface area (Å²) in [7, 11) is 0. The quantitative estimate of drug-likeness (QED) is 0.490. The Balaban J connectivity index is 0.000000133. The van der Waals surface area contributed by atoms with Crippen LogP contribution in [-0.4, -0.2) is 5.11 Å². The number of benzene rings is 3. The zero-order valence-corrected chi connectivity index (χ0v) is 11.8. The fourth-order valence-electron chi connectivity index (χ4n) is 2.18. The summed E-state index contributed by atoms with van der Waals surface area (Å²) < 4.78 is 4.79. The summed E-state index contributed by atoms with van der Waals surface area (Å²) in [6, 6.07) is 25.1. The van der Waals surface area contributed by atoms with Crippen LogP contribution in [0.25, 0.3) is 21.7 Å². The van der Waals surface area contributed by atoms with Crippen LogP contribution in [0.15, 0.2) is 88.1 Å². The van der Waals surface area contributed by atoms with E-state index in [-0.39, 0.29) is 5.75 Å². The van der Waals surface area contributed by atoms with E-state index >= 15 is 0 Å². The second-order valence-corrected chi connectivity index (χ2v) is 4.80. The summed E-state index contributed by atoms with van der Waals surface area (Å²) in [5, 5.41) is 12.3. The highest BCUT2D eigenvalue weighted by atomic mass is 16.4. The van der Waals surface area contributed by atoms with Crippen molar-refractivity contribution >= 4 is 21.7 Å². The van der Waals surface area contributed by atoms with Gasteiger partial charge in [-0.2, -0.15) is 0 Å². The first-order valence-electron chi connectivity index (χ1n) is 6.90. The molecule has 3 aromatic carbocycles. The molecule has 0 bridgehead atoms. The largest absolute Gasteiger partial charge is 0.502 e. The monoisotopic (exact) mass is 290 g/mol. The van der Waals surface area contributed by atoms with Crippen LogP contribution in [0.3, 0.4) is 0 Å². The van der Waals surface area contributed by atoms with Crippen molar-refractivity contribution in [3.63, 3.8) is 0 Å². The molecule has 0 spiro atoms. The second kappa shape index (κ2) is 6.14. The lowest BCUT2D eigenvalue weighted by Crippen LogP contribution is -1.96. The topological polar surface area (TPSA) is 50.4 Å². The molecule has 108 valence electrons. The van der Waals surface area contributed by atoms with E-state index in [2.05, 4.69) is 48.5 Å². The van der Waals surface area contributed by atoms with Gasteiger partial charge in [0.25, 0.3) is 0 Å². The number of rotatable bonds is 0. The number of hydrogen-bond acceptors (Lipinski definition) is 3. The summed E-state index contributed by atoms with van der Waals surface area (Å²) in [4.78, 5) is 10.8. The number of hydrogen-bond donors (Lipinski definition) is 1. The third-order valence-electron chi connectivity index (χ3n) is 3.28. The van der Waals surface area contributed by atoms with Gasteiger partial charge in [-0.3, -0.25) is 0 Å². The van der Waals surface area contributed by atoms with Crippen molar-refractivity contribution in [3.05, 3.63) is 89.3 Å². The molecule has 0 radical (unpaired) electrons. The molecule has 22 heavy (non-hydrogen) atoms. The highest BCUT2D eigenvalue weighted by Crippen LogP contribution is 2.14. The number of para-hydroxylation sites is 1. The van der Waals surface area contributed by atoms with Crippen molar-refractivity contribution in [1.82, 2.24) is 0 Å². The fraction of sp³-hybridized carbons (Fsp3) is 0. The standard InChI is InChI=1S/C10H8.C9H6O3/c1-2-6-10-8-4-3-7-9(10)5-1;10-7-5-6-3-1-2-4-8(6)12-9(7)11/h1-8H;1-5,10H. The minimum atomic E-state index is -0.700. The molecule has 1 heterocycles. The van der Waals surface area contributed by atoms with Crippen LogP contribution < -0.4 is 5.63 Å². The SMILES string of the molecule is O=c1oc2ccccc2cc1O.c1ccc2ccccc2c1. The highest BCUT2D eigenvalue weighted by molar-refractivity contribution is 5.82. The number of fused-ring (bicyclic) bond motifs is 2. The molecule has 0 unspecified atom stereocenters. The van der Waals surface area contributed by atoms with Crippen LogP contribution in [0, 0.1) is 0 Å². The average molecular weight is 290 g/mol. The zero-order chi connectivity index (χ0) is 15.4. The van der Waals surface area contributed by atoms with Crippen LogP contribution in [0.5, 0.6) is 5.75 Å². The van der Waals surface area contributed by atoms with E-state index in [1.54, 1.807) is 18.2 Å². The van der Waals surface area contributed by atoms with Crippen molar-refractivity contribution < 1.29 is 9.52 Å². The van der Waals surface area contributed by atoms with E-state index in [0.29, 0.717) is 5.58 Å². The van der Waals surface area contributed by atoms with Crippen LogP contribution in [0.1, 0.15) is 0 Å². The van der Waals surface area contributed by atoms with Gasteiger partial charge < -0.3 is 9.52 Å². The Bertz CT molecular complexity index is 905. The molecule has 4 rings (SSSR count). The van der Waals surface area contributed by atoms with E-state index < -0.39 is 5.63 Å². The smallest absolute Gasteiger partial charge is 0.378 e. The van der Waals surface area contributed by atoms with E-state index in [1.807, 2.05) is 6.07 Å². The third-order valence-corrected chi connectivity index (χ3v) is 3.28. The van der Waals surface area contributed by atoms with Crippen molar-refractivity contribution in [2.45, 2.75) is 0 Å². The molecule has 0 saturated heterocycles. The molecule has 0 atom stereocenters. The van der Waals surface area contributed by atoms with Gasteiger partial charge >= 0.3 is 5.63 Å². The molecule has 1 aromatic heterocycles. The Morgan fingerprint density at radius 2 is 1.14 bits per heavy atom. The maximum absolute atomic E-state index is 10.8. The van der Waals surface area contributed by atoms with Gasteiger partial charge in [-0.15, -0.1) is 0 Å². The third kappa shape index (κ3) is 2.99. The van der Waals surface area contributed by atoms with E-state index in [1.165, 1.54) is 16.8 Å². The van der Waals surface area contributed by atoms with Crippen LogP contribution >= 0.6 is 0 Å². The maximum Gasteiger partial charge on any atom is 0.378 e. The summed E-state index contributed by atoms with van der Waals surface area (Å²) in [6.07, 6.45) is 0. The second-order valence-electron chi connectivity index (χ2n) is 4.80. The lowest BCUT2D eigenvalue weighted by molar-refractivity contribution is 0.428. The first-order chi connectivity index (χ1) is 10.7. The molecule has 0 fully saturated rings. The minimum Gasteiger partial charge on any atom is -0.502 e. The van der Waals surface area contributed by atoms with Gasteiger partial charge in [0.05, 0.1) is 0 Å². The molecule has 0 aliphatic heterocycles. The van der Waals surface area contributed by atoms with Crippen molar-refractivity contribution in [2.24, 2.45) is 0 Å². The Hall–Kier alpha value is -3.07. The van der Waals surface area contributed by atoms with Gasteiger partial charge in [0.15, 0.2) is 0 Å². The highest BCUT2D eigenvalue weighted by Gasteiger charge is 2.00. The minimum absolute atomic E-state index is 0.353. The summed E-state index contributed by atoms with van der Waals surface area (Å²) in [5.41, 5.74) is -0.214. The fourth-order valence-corrected chi connectivity index (χ4v) is 2.18. The Labute approximate surface area is 127 Å². The molecule has 4 aromatic rings. The molecule has 0 amide bonds. The van der Waals surface area contributed by atoms with Crippen LogP contribution in [-0.2, 0) is 0 Å². The van der Waals surface area contributed by atoms with Crippen LogP contribution in [0.4, 0.5) is 0 Å². The zero-order valence-electron chi connectivity index (χ0n) is 11.8. The molecule has 0 aliphatic carbocycles. The molecule has 0 saturated carbocycles. The van der Waals surface area contributed by atoms with Gasteiger partial charge in [0.1, 0.15) is 5.58 Å². The summed E-state index contributed by atoms with van der Waals surface area (Å²) >= 11 is 0. The molecule has 0 aliphatic rings. The molecule has 1 N–H and O–H groups in total. The Morgan fingerprint density at radius 3 is 1.68 bits per heavy atom. The molecule has 3 nitrogen and oxygen atoms in total. The van der Waals surface area contributed by atoms with Gasteiger partial charge in [-0.1, -0.05) is 66.7 Å². The normalized spacial score (nSPS) is 10.2. The van der Waals surface area contributed by atoms with Gasteiger partial charge in [-0.25, -0.2) is 4.79 Å². The Kier molecular flexibility index (Phi) is 3.88. The first-order valence-corrected chi connectivity index (χ1v) is 6.90. The first kappa shape index (κ1) is 13.9. The predicted octanol–water partition coefficient (Wildman–Crippen LogP) is 4.34. The summed E-state index contributed by atoms with van der Waals surface area (Å²) in [5.74, 6) is -0.353. The molecular formula is C19H14O3. The van der Waals surface area contributed by atoms with Crippen molar-refractivity contribution in [1.29, 1.82) is 0 Å². The molecule has 3 heteroatoms. The van der Waals surface area contributed by atoms with E-state index in [0.717, 1.165) is 5.39 Å². The lowest BCUT2D eigenvalue weighted by atomic mass is 10.1. The lowest BCUT2D eigenvalue weighted by Gasteiger charge is -1.94. The Morgan fingerprint density at radius 1 is 0.682 bits per heavy atom. The van der Waals surface area contributed by atoms with Gasteiger partial charge in [0, 0.05) is 5.39 Å². The maximum atomic E-state index is 10.8. The van der Waals surface area contributed by atoms with Gasteiger partial charge in [0.2, 0.25) is 5.75 Å². The number of aromatic hydroxyl groups is 1. The summed E-state index contributed by atoms with van der Waals surface area (Å²) in [6.45, 7) is 0. The predicted molar refractivity (Wildman–Crippen MR) is 88.1 cm³/mol. The van der Waals surface area contributed by atoms with E-state index in [4.69, 9.17) is 9.52 Å². The van der Waals surface area contributed by atoms with Crippen molar-refractivity contribution in [2.75, 3.05) is 0 Å². The average Bonchev–Trinajstić information content (AvgIpc) is 2.57. The van der Waals surface area contributed by atoms with Crippen LogP contribution in [0.2, 0.25) is 0 Å². The van der Waals surface area contributed by atoms with E-state index in [9.17, 15) is 4.79 Å². The van der Waals surface area contributed by atoms with Crippen molar-refractivity contribution in [3.8, 4) is 5.75 Å².